The molecule has 2 aromatic carbocycles. The first-order valence-electron chi connectivity index (χ1n) is 7.29. The molecule has 23 heavy (non-hydrogen) atoms. The zero-order chi connectivity index (χ0) is 17.0. The minimum absolute atomic E-state index is 0.0448. The predicted molar refractivity (Wildman–Crippen MR) is 89.4 cm³/mol. The van der Waals surface area contributed by atoms with Crippen LogP contribution >= 0.6 is 0 Å². The number of nitrogens with zero attached hydrogens (tertiary/aromatic N) is 1. The molecule has 0 saturated heterocycles. The molecular weight excluding hydrogens is 312 g/mol. The molecule has 0 unspecified atom stereocenters. The van der Waals surface area contributed by atoms with Crippen LogP contribution in [0, 0.1) is 6.92 Å². The molecule has 0 aromatic heterocycles. The van der Waals surface area contributed by atoms with Gasteiger partial charge in [-0.2, -0.15) is 0 Å². The van der Waals surface area contributed by atoms with Crippen LogP contribution in [0.4, 0.5) is 0 Å². The van der Waals surface area contributed by atoms with Crippen LogP contribution in [0.25, 0.3) is 0 Å². The number of rotatable bonds is 5. The average molecular weight is 332 g/mol. The van der Waals surface area contributed by atoms with Gasteiger partial charge in [0.2, 0.25) is 10.0 Å². The number of aryl methyl sites for hydroxylation is 1. The first-order chi connectivity index (χ1) is 10.8. The maximum absolute atomic E-state index is 12.7. The van der Waals surface area contributed by atoms with Gasteiger partial charge in [0.05, 0.1) is 4.90 Å². The number of primary sulfonamides is 1. The molecule has 0 fully saturated rings. The summed E-state index contributed by atoms with van der Waals surface area (Å²) in [5.74, 6) is -0.218. The SMILES string of the molecule is CCN(Cc1ccccc1)C(=O)c1cc(C)cc(S(N)(=O)=O)c1. The highest BCUT2D eigenvalue weighted by Gasteiger charge is 2.18. The monoisotopic (exact) mass is 332 g/mol. The zero-order valence-corrected chi connectivity index (χ0v) is 14.0. The van der Waals surface area contributed by atoms with Crippen LogP contribution in [-0.4, -0.2) is 25.8 Å². The Hall–Kier alpha value is -2.18. The van der Waals surface area contributed by atoms with Gasteiger partial charge in [-0.3, -0.25) is 4.79 Å². The fourth-order valence-electron chi connectivity index (χ4n) is 2.35. The Morgan fingerprint density at radius 1 is 1.13 bits per heavy atom. The van der Waals surface area contributed by atoms with Gasteiger partial charge in [0.15, 0.2) is 0 Å². The molecule has 0 saturated carbocycles. The fourth-order valence-corrected chi connectivity index (χ4v) is 2.99. The molecule has 2 aromatic rings. The predicted octanol–water partition coefficient (Wildman–Crippen LogP) is 2.30. The summed E-state index contributed by atoms with van der Waals surface area (Å²) >= 11 is 0. The summed E-state index contributed by atoms with van der Waals surface area (Å²) < 4.78 is 23.1. The van der Waals surface area contributed by atoms with Crippen molar-refractivity contribution < 1.29 is 13.2 Å². The molecule has 1 amide bonds. The molecule has 0 aliphatic carbocycles. The molecule has 0 heterocycles. The maximum atomic E-state index is 12.7. The minimum atomic E-state index is -3.84. The maximum Gasteiger partial charge on any atom is 0.254 e. The first kappa shape index (κ1) is 17.2. The van der Waals surface area contributed by atoms with Crippen LogP contribution in [0.15, 0.2) is 53.4 Å². The van der Waals surface area contributed by atoms with E-state index in [0.29, 0.717) is 24.2 Å². The summed E-state index contributed by atoms with van der Waals surface area (Å²) in [6, 6.07) is 14.1. The molecule has 5 nitrogen and oxygen atoms in total. The van der Waals surface area contributed by atoms with Crippen molar-refractivity contribution in [2.45, 2.75) is 25.3 Å². The number of carbonyl (C=O) groups is 1. The third-order valence-corrected chi connectivity index (χ3v) is 4.40. The lowest BCUT2D eigenvalue weighted by atomic mass is 10.1. The summed E-state index contributed by atoms with van der Waals surface area (Å²) in [4.78, 5) is 14.3. The molecule has 0 spiro atoms. The summed E-state index contributed by atoms with van der Waals surface area (Å²) in [7, 11) is -3.84. The van der Waals surface area contributed by atoms with E-state index >= 15 is 0 Å². The van der Waals surface area contributed by atoms with E-state index in [1.54, 1.807) is 17.9 Å². The number of amides is 1. The van der Waals surface area contributed by atoms with Gasteiger partial charge in [0.25, 0.3) is 5.91 Å². The number of carbonyl (C=O) groups excluding carboxylic acids is 1. The van der Waals surface area contributed by atoms with Crippen LogP contribution in [0.2, 0.25) is 0 Å². The number of hydrogen-bond acceptors (Lipinski definition) is 3. The standard InChI is InChI=1S/C17H20N2O3S/c1-3-19(12-14-7-5-4-6-8-14)17(20)15-9-13(2)10-16(11-15)23(18,21)22/h4-11H,3,12H2,1-2H3,(H2,18,21,22). The van der Waals surface area contributed by atoms with Crippen LogP contribution in [0.3, 0.4) is 0 Å². The van der Waals surface area contributed by atoms with Gasteiger partial charge < -0.3 is 4.90 Å². The van der Waals surface area contributed by atoms with Crippen LogP contribution in [0.5, 0.6) is 0 Å². The highest BCUT2D eigenvalue weighted by Crippen LogP contribution is 2.16. The quantitative estimate of drug-likeness (QED) is 0.912. The smallest absolute Gasteiger partial charge is 0.254 e. The Morgan fingerprint density at radius 3 is 2.35 bits per heavy atom. The Labute approximate surface area is 136 Å². The largest absolute Gasteiger partial charge is 0.335 e. The highest BCUT2D eigenvalue weighted by molar-refractivity contribution is 7.89. The van der Waals surface area contributed by atoms with Gasteiger partial charge in [-0.15, -0.1) is 0 Å². The van der Waals surface area contributed by atoms with E-state index in [2.05, 4.69) is 0 Å². The van der Waals surface area contributed by atoms with Crippen LogP contribution in [0.1, 0.15) is 28.4 Å². The van der Waals surface area contributed by atoms with E-state index in [9.17, 15) is 13.2 Å². The van der Waals surface area contributed by atoms with E-state index in [4.69, 9.17) is 5.14 Å². The molecular formula is C17H20N2O3S. The lowest BCUT2D eigenvalue weighted by molar-refractivity contribution is 0.0752. The van der Waals surface area contributed by atoms with E-state index in [1.165, 1.54) is 12.1 Å². The second kappa shape index (κ2) is 6.93. The molecule has 0 aliphatic heterocycles. The number of sulfonamides is 1. The number of benzene rings is 2. The minimum Gasteiger partial charge on any atom is -0.335 e. The van der Waals surface area contributed by atoms with E-state index in [0.717, 1.165) is 5.56 Å². The lowest BCUT2D eigenvalue weighted by Crippen LogP contribution is -2.30. The highest BCUT2D eigenvalue weighted by atomic mass is 32.2. The summed E-state index contributed by atoms with van der Waals surface area (Å²) in [5.41, 5.74) is 2.02. The van der Waals surface area contributed by atoms with E-state index < -0.39 is 10.0 Å². The van der Waals surface area contributed by atoms with Crippen molar-refractivity contribution in [3.8, 4) is 0 Å². The van der Waals surface area contributed by atoms with Crippen molar-refractivity contribution in [1.29, 1.82) is 0 Å². The van der Waals surface area contributed by atoms with E-state index in [-0.39, 0.29) is 10.8 Å². The van der Waals surface area contributed by atoms with Crippen molar-refractivity contribution in [3.63, 3.8) is 0 Å². The zero-order valence-electron chi connectivity index (χ0n) is 13.2. The van der Waals surface area contributed by atoms with Crippen molar-refractivity contribution in [1.82, 2.24) is 4.90 Å². The molecule has 2 rings (SSSR count). The van der Waals surface area contributed by atoms with Gasteiger partial charge in [0.1, 0.15) is 0 Å². The Bertz CT molecular complexity index is 802. The molecule has 0 aliphatic rings. The van der Waals surface area contributed by atoms with E-state index in [1.807, 2.05) is 37.3 Å². The summed E-state index contributed by atoms with van der Waals surface area (Å²) in [5, 5.41) is 5.17. The molecule has 0 atom stereocenters. The van der Waals surface area contributed by atoms with Crippen molar-refractivity contribution >= 4 is 15.9 Å². The van der Waals surface area contributed by atoms with Gasteiger partial charge in [-0.25, -0.2) is 13.6 Å². The molecule has 6 heteroatoms. The summed E-state index contributed by atoms with van der Waals surface area (Å²) in [6.07, 6.45) is 0. The fraction of sp³-hybridized carbons (Fsp3) is 0.235. The Morgan fingerprint density at radius 2 is 1.78 bits per heavy atom. The second-order valence-electron chi connectivity index (χ2n) is 5.38. The third-order valence-electron chi connectivity index (χ3n) is 3.51. The molecule has 0 radical (unpaired) electrons. The van der Waals surface area contributed by atoms with Crippen LogP contribution < -0.4 is 5.14 Å². The van der Waals surface area contributed by atoms with Crippen molar-refractivity contribution in [2.75, 3.05) is 6.54 Å². The van der Waals surface area contributed by atoms with Gasteiger partial charge >= 0.3 is 0 Å². The first-order valence-corrected chi connectivity index (χ1v) is 8.83. The molecule has 2 N–H and O–H groups in total. The molecule has 0 bridgehead atoms. The topological polar surface area (TPSA) is 80.5 Å². The Kier molecular flexibility index (Phi) is 5.18. The van der Waals surface area contributed by atoms with Gasteiger partial charge in [-0.05, 0) is 43.2 Å². The third kappa shape index (κ3) is 4.40. The Balaban J connectivity index is 2.32. The second-order valence-corrected chi connectivity index (χ2v) is 6.95. The average Bonchev–Trinajstić information content (AvgIpc) is 2.51. The van der Waals surface area contributed by atoms with Crippen LogP contribution in [-0.2, 0) is 16.6 Å². The molecule has 122 valence electrons. The normalized spacial score (nSPS) is 11.3. The summed E-state index contributed by atoms with van der Waals surface area (Å²) in [6.45, 7) is 4.61. The number of nitrogens with two attached hydrogens (primary N) is 1. The number of hydrogen-bond donors (Lipinski definition) is 1. The lowest BCUT2D eigenvalue weighted by Gasteiger charge is -2.21. The van der Waals surface area contributed by atoms with Gasteiger partial charge in [0, 0.05) is 18.7 Å². The van der Waals surface area contributed by atoms with Gasteiger partial charge in [-0.1, -0.05) is 30.3 Å². The van der Waals surface area contributed by atoms with Crippen molar-refractivity contribution in [2.24, 2.45) is 5.14 Å². The van der Waals surface area contributed by atoms with Crippen molar-refractivity contribution in [3.05, 3.63) is 65.2 Å².